The molecular formula is C3H20IO2P13. The molecule has 2 nitrogen and oxygen atoms in total. The second-order valence-electron chi connectivity index (χ2n) is 2.67. The molecule has 0 aromatic rings. The minimum Gasteiger partial charge on any atom is -0.469 e. The number of hydrogen-bond donors (Lipinski definition) is 0. The minimum atomic E-state index is -0.245. The first kappa shape index (κ1) is 27.0. The van der Waals surface area contributed by atoms with Gasteiger partial charge in [0.05, 0.1) is 7.11 Å². The molecule has 0 amide bonds. The summed E-state index contributed by atoms with van der Waals surface area (Å²) >= 11 is 2.75. The fourth-order valence-corrected chi connectivity index (χ4v) is 146. The van der Waals surface area contributed by atoms with Gasteiger partial charge in [0.1, 0.15) is 0 Å². The topological polar surface area (TPSA) is 26.3 Å². The largest absolute Gasteiger partial charge is 0.469 e. The first-order valence-corrected chi connectivity index (χ1v) is 30.0. The van der Waals surface area contributed by atoms with Crippen molar-refractivity contribution in [2.24, 2.45) is 0 Å². The number of hydrogen-bond acceptors (Lipinski definition) is 2. The molecule has 0 spiro atoms. The molecule has 116 valence electrons. The van der Waals surface area contributed by atoms with E-state index in [4.69, 9.17) is 0 Å². The molecule has 0 rings (SSSR count). The second-order valence-corrected chi connectivity index (χ2v) is 58.9. The number of rotatable bonds is 5. The Balaban J connectivity index is 0. The van der Waals surface area contributed by atoms with Crippen molar-refractivity contribution in [2.75, 3.05) is 7.11 Å². The van der Waals surface area contributed by atoms with Crippen molar-refractivity contribution in [1.29, 1.82) is 0 Å². The Morgan fingerprint density at radius 2 is 1.26 bits per heavy atom. The van der Waals surface area contributed by atoms with Crippen molar-refractivity contribution in [1.82, 2.24) is 0 Å². The van der Waals surface area contributed by atoms with Crippen LogP contribution in [0, 0.1) is 0 Å². The summed E-state index contributed by atoms with van der Waals surface area (Å²) < 4.78 is 4.11. The van der Waals surface area contributed by atoms with Gasteiger partial charge in [0.2, 0.25) is 0 Å². The van der Waals surface area contributed by atoms with E-state index in [2.05, 4.69) is 89.3 Å². The number of ether oxygens (including phenoxy) is 1. The molecule has 0 bridgehead atoms. The Morgan fingerprint density at radius 1 is 0.947 bits per heavy atom. The molecule has 0 aromatic carbocycles. The Labute approximate surface area is 152 Å². The molecule has 9 atom stereocenters. The fraction of sp³-hybridized carbons (Fsp3) is 0.667. The van der Waals surface area contributed by atoms with Crippen LogP contribution in [0.1, 0.15) is 6.92 Å². The molecule has 16 heteroatoms. The van der Waals surface area contributed by atoms with Gasteiger partial charge in [0.25, 0.3) is 0 Å². The van der Waals surface area contributed by atoms with Crippen molar-refractivity contribution >= 4 is 130 Å². The van der Waals surface area contributed by atoms with Crippen LogP contribution in [-0.4, -0.2) is 13.1 Å². The van der Waals surface area contributed by atoms with E-state index in [0.29, 0.717) is 0 Å². The molecule has 19 heavy (non-hydrogen) atoms. The van der Waals surface area contributed by atoms with Crippen LogP contribution >= 0.6 is 124 Å². The predicted octanol–water partition coefficient (Wildman–Crippen LogP) is 8.51. The Hall–Kier alpha value is 5.79. The van der Waals surface area contributed by atoms with Gasteiger partial charge in [0, 0.05) is 18.9 Å². The monoisotopic (exact) mass is 618 g/mol. The van der Waals surface area contributed by atoms with Gasteiger partial charge in [-0.1, -0.05) is 0 Å². The molecule has 0 aliphatic heterocycles. The smallest absolute Gasteiger partial charge is 0.302 e. The van der Waals surface area contributed by atoms with E-state index in [9.17, 15) is 4.79 Å². The highest BCUT2D eigenvalue weighted by atomic mass is 127. The highest BCUT2D eigenvalue weighted by molar-refractivity contribution is 14.2. The summed E-state index contributed by atoms with van der Waals surface area (Å²) in [6.45, 7) is 2.04. The molecule has 0 N–H and O–H groups in total. The van der Waals surface area contributed by atoms with Crippen LogP contribution in [0.15, 0.2) is 0 Å². The highest BCUT2D eigenvalue weighted by Gasteiger charge is 2.31. The van der Waals surface area contributed by atoms with Gasteiger partial charge in [0.15, 0.2) is 0 Å². The molecule has 0 heterocycles. The number of carbonyl (C=O) groups is 1. The fourth-order valence-electron chi connectivity index (χ4n) is 0.457. The first-order valence-electron chi connectivity index (χ1n) is 4.29. The van der Waals surface area contributed by atoms with Crippen LogP contribution in [0.4, 0.5) is 0 Å². The van der Waals surface area contributed by atoms with Crippen molar-refractivity contribution in [3.63, 3.8) is 0 Å². The summed E-state index contributed by atoms with van der Waals surface area (Å²) in [5, 5.41) is 0. The van der Waals surface area contributed by atoms with Gasteiger partial charge in [-0.05, 0) is 50.0 Å². The molecular weight excluding hydrogens is 598 g/mol. The Kier molecular flexibility index (Phi) is 22.7. The molecule has 0 saturated carbocycles. The molecule has 0 aliphatic rings. The molecule has 0 fully saturated rings. The standard InChI is InChI=1S/C3H6O2.H14IP13/c1-3(4)5-2;1-9(13(8)10(2)3)14(11(4)5)12(6)7/h1-2H3;2-8H2. The Bertz CT molecular complexity index is 240. The summed E-state index contributed by atoms with van der Waals surface area (Å²) in [7, 11) is 22.6. The summed E-state index contributed by atoms with van der Waals surface area (Å²) in [6.07, 6.45) is 0. The molecule has 0 radical (unpaired) electrons. The van der Waals surface area contributed by atoms with Crippen molar-refractivity contribution in [3.05, 3.63) is 0 Å². The van der Waals surface area contributed by atoms with Crippen LogP contribution < -0.4 is 0 Å². The quantitative estimate of drug-likeness (QED) is 0.176. The second kappa shape index (κ2) is 16.0. The lowest BCUT2D eigenvalue weighted by molar-refractivity contribution is -0.137. The summed E-state index contributed by atoms with van der Waals surface area (Å²) in [5.74, 6) is -0.245. The molecule has 9 unspecified atom stereocenters. The first-order chi connectivity index (χ1) is 8.56. The van der Waals surface area contributed by atoms with Crippen LogP contribution in [-0.2, 0) is 9.53 Å². The SMILES string of the molecule is COC(C)=O.PP(P)P(P)P(I)P(P(P)P)P(P)P. The average Bonchev–Trinajstić information content (AvgIpc) is 2.27. The molecule has 0 aliphatic carbocycles. The van der Waals surface area contributed by atoms with E-state index in [0.717, 1.165) is 0 Å². The lowest BCUT2D eigenvalue weighted by Crippen LogP contribution is -1.88. The highest BCUT2D eigenvalue weighted by Crippen LogP contribution is 3.19. The maximum Gasteiger partial charge on any atom is 0.302 e. The minimum absolute atomic E-state index is 0.0992. The van der Waals surface area contributed by atoms with Gasteiger partial charge in [-0.2, -0.15) is 0 Å². The lowest BCUT2D eigenvalue weighted by atomic mass is 10.8. The van der Waals surface area contributed by atoms with E-state index in [1.165, 1.54) is 14.0 Å². The van der Waals surface area contributed by atoms with Gasteiger partial charge in [-0.25, -0.2) is 0 Å². The van der Waals surface area contributed by atoms with Gasteiger partial charge in [-0.3, -0.25) is 4.79 Å². The number of carbonyl (C=O) groups excluding carboxylic acids is 1. The zero-order chi connectivity index (χ0) is 15.7. The number of methoxy groups -OCH3 is 1. The summed E-state index contributed by atoms with van der Waals surface area (Å²) in [4.78, 5) is 9.79. The average molecular weight is 618 g/mol. The van der Waals surface area contributed by atoms with E-state index in [1.807, 2.05) is 0 Å². The van der Waals surface area contributed by atoms with E-state index >= 15 is 0 Å². The lowest BCUT2D eigenvalue weighted by Gasteiger charge is -2.34. The van der Waals surface area contributed by atoms with Gasteiger partial charge >= 0.3 is 5.97 Å². The van der Waals surface area contributed by atoms with Crippen molar-refractivity contribution in [2.45, 2.75) is 6.92 Å². The summed E-state index contributed by atoms with van der Waals surface area (Å²) in [5.41, 5.74) is 0. The maximum absolute atomic E-state index is 9.59. The van der Waals surface area contributed by atoms with Crippen LogP contribution in [0.25, 0.3) is 0 Å². The maximum atomic E-state index is 9.59. The predicted molar refractivity (Wildman–Crippen MR) is 141 cm³/mol. The molecule has 0 aromatic heterocycles. The third-order valence-corrected chi connectivity index (χ3v) is 93.1. The van der Waals surface area contributed by atoms with Gasteiger partial charge in [-0.15, -0.1) is 62.5 Å². The third-order valence-electron chi connectivity index (χ3n) is 1.25. The zero-order valence-corrected chi connectivity index (χ0v) is 26.0. The van der Waals surface area contributed by atoms with E-state index in [1.54, 1.807) is 0 Å². The number of halogens is 1. The van der Waals surface area contributed by atoms with Crippen LogP contribution in [0.2, 0.25) is 0 Å². The van der Waals surface area contributed by atoms with Gasteiger partial charge < -0.3 is 4.74 Å². The number of esters is 1. The zero-order valence-electron chi connectivity index (χ0n) is 10.4. The van der Waals surface area contributed by atoms with Crippen LogP contribution in [0.5, 0.6) is 0 Å². The van der Waals surface area contributed by atoms with Crippen LogP contribution in [0.3, 0.4) is 0 Å². The van der Waals surface area contributed by atoms with E-state index < -0.39 is 0 Å². The molecule has 0 saturated heterocycles. The third kappa shape index (κ3) is 14.6. The van der Waals surface area contributed by atoms with E-state index in [-0.39, 0.29) is 45.8 Å². The Morgan fingerprint density at radius 3 is 1.42 bits per heavy atom. The summed E-state index contributed by atoms with van der Waals surface area (Å²) in [6, 6.07) is 0. The van der Waals surface area contributed by atoms with Crippen molar-refractivity contribution < 1.29 is 9.53 Å². The normalized spacial score (nSPS) is 14.4. The van der Waals surface area contributed by atoms with Crippen molar-refractivity contribution in [3.8, 4) is 0 Å².